The average Bonchev–Trinajstić information content (AvgIpc) is 2.33. The summed E-state index contributed by atoms with van der Waals surface area (Å²) in [6.07, 6.45) is 0. The van der Waals surface area contributed by atoms with Gasteiger partial charge in [0.25, 0.3) is 0 Å². The van der Waals surface area contributed by atoms with Crippen LogP contribution in [0, 0.1) is 0 Å². The van der Waals surface area contributed by atoms with Crippen molar-refractivity contribution < 1.29 is 9.78 Å². The molecule has 1 aromatic carbocycles. The number of halogens is 1. The highest BCUT2D eigenvalue weighted by molar-refractivity contribution is 6.30. The zero-order valence-electron chi connectivity index (χ0n) is 5.13. The Morgan fingerprint density at radius 2 is 2.30 bits per heavy atom. The molecule has 52 valence electrons. The fourth-order valence-electron chi connectivity index (χ4n) is 0.899. The van der Waals surface area contributed by atoms with Crippen molar-refractivity contribution in [2.45, 2.75) is 6.61 Å². The molecule has 0 aliphatic carbocycles. The van der Waals surface area contributed by atoms with Gasteiger partial charge in [0.15, 0.2) is 5.75 Å². The van der Waals surface area contributed by atoms with Crippen LogP contribution in [0.1, 0.15) is 5.56 Å². The van der Waals surface area contributed by atoms with E-state index in [0.29, 0.717) is 11.6 Å². The van der Waals surface area contributed by atoms with E-state index in [1.54, 1.807) is 12.1 Å². The standard InChI is InChI=1S/C7H5ClO2/c8-6-1-2-7-5(3-6)4-9-10-7/h1-3H,4H2. The topological polar surface area (TPSA) is 18.5 Å². The highest BCUT2D eigenvalue weighted by Crippen LogP contribution is 2.28. The van der Waals surface area contributed by atoms with Gasteiger partial charge in [-0.05, 0) is 18.2 Å². The van der Waals surface area contributed by atoms with Gasteiger partial charge in [-0.15, -0.1) is 0 Å². The fraction of sp³-hybridized carbons (Fsp3) is 0.143. The first-order chi connectivity index (χ1) is 4.86. The fourth-order valence-corrected chi connectivity index (χ4v) is 1.09. The van der Waals surface area contributed by atoms with Crippen LogP contribution in [0.25, 0.3) is 0 Å². The van der Waals surface area contributed by atoms with Crippen LogP contribution in [0.3, 0.4) is 0 Å². The minimum absolute atomic E-state index is 0.496. The quantitative estimate of drug-likeness (QED) is 0.536. The predicted octanol–water partition coefficient (Wildman–Crippen LogP) is 2.16. The maximum absolute atomic E-state index is 5.71. The van der Waals surface area contributed by atoms with Crippen molar-refractivity contribution in [3.8, 4) is 5.75 Å². The van der Waals surface area contributed by atoms with Crippen molar-refractivity contribution >= 4 is 11.6 Å². The van der Waals surface area contributed by atoms with E-state index in [-0.39, 0.29) is 0 Å². The summed E-state index contributed by atoms with van der Waals surface area (Å²) < 4.78 is 0. The van der Waals surface area contributed by atoms with Gasteiger partial charge in [0.1, 0.15) is 6.61 Å². The molecule has 1 heterocycles. The Morgan fingerprint density at radius 1 is 1.40 bits per heavy atom. The third kappa shape index (κ3) is 0.856. The Hall–Kier alpha value is -0.730. The second-order valence-corrected chi connectivity index (χ2v) is 2.53. The molecule has 1 aliphatic rings. The molecular weight excluding hydrogens is 152 g/mol. The molecule has 0 aromatic heterocycles. The second-order valence-electron chi connectivity index (χ2n) is 2.10. The number of fused-ring (bicyclic) bond motifs is 1. The summed E-state index contributed by atoms with van der Waals surface area (Å²) in [7, 11) is 0. The van der Waals surface area contributed by atoms with E-state index >= 15 is 0 Å². The third-order valence-electron chi connectivity index (χ3n) is 1.39. The number of hydrogen-bond acceptors (Lipinski definition) is 2. The van der Waals surface area contributed by atoms with Gasteiger partial charge in [-0.2, -0.15) is 4.89 Å². The molecule has 0 unspecified atom stereocenters. The first kappa shape index (κ1) is 6.01. The molecule has 0 saturated carbocycles. The van der Waals surface area contributed by atoms with Crippen LogP contribution >= 0.6 is 11.6 Å². The smallest absolute Gasteiger partial charge is 0.171 e. The van der Waals surface area contributed by atoms with Gasteiger partial charge < -0.3 is 4.89 Å². The Bertz CT molecular complexity index is 260. The molecule has 0 spiro atoms. The first-order valence-electron chi connectivity index (χ1n) is 2.94. The molecule has 2 rings (SSSR count). The van der Waals surface area contributed by atoms with E-state index < -0.39 is 0 Å². The van der Waals surface area contributed by atoms with Crippen molar-refractivity contribution in [1.82, 2.24) is 0 Å². The normalized spacial score (nSPS) is 14.5. The molecule has 0 amide bonds. The van der Waals surface area contributed by atoms with Crippen LogP contribution in [-0.4, -0.2) is 0 Å². The van der Waals surface area contributed by atoms with E-state index in [0.717, 1.165) is 11.3 Å². The summed E-state index contributed by atoms with van der Waals surface area (Å²) >= 11 is 5.71. The largest absolute Gasteiger partial charge is 0.337 e. The van der Waals surface area contributed by atoms with Crippen molar-refractivity contribution in [1.29, 1.82) is 0 Å². The summed E-state index contributed by atoms with van der Waals surface area (Å²) in [6.45, 7) is 0.496. The predicted molar refractivity (Wildman–Crippen MR) is 36.9 cm³/mol. The summed E-state index contributed by atoms with van der Waals surface area (Å²) in [5.74, 6) is 0.768. The second kappa shape index (κ2) is 2.15. The maximum Gasteiger partial charge on any atom is 0.171 e. The van der Waals surface area contributed by atoms with Crippen LogP contribution in [0.4, 0.5) is 0 Å². The monoisotopic (exact) mass is 156 g/mol. The molecule has 2 nitrogen and oxygen atoms in total. The highest BCUT2D eigenvalue weighted by atomic mass is 35.5. The number of rotatable bonds is 0. The van der Waals surface area contributed by atoms with Gasteiger partial charge >= 0.3 is 0 Å². The van der Waals surface area contributed by atoms with Crippen LogP contribution < -0.4 is 4.89 Å². The molecule has 0 bridgehead atoms. The van der Waals surface area contributed by atoms with E-state index in [2.05, 4.69) is 0 Å². The molecular formula is C7H5ClO2. The van der Waals surface area contributed by atoms with Gasteiger partial charge in [-0.1, -0.05) is 11.6 Å². The molecule has 1 aliphatic heterocycles. The van der Waals surface area contributed by atoms with Gasteiger partial charge in [0.2, 0.25) is 0 Å². The van der Waals surface area contributed by atoms with E-state index in [1.165, 1.54) is 0 Å². The first-order valence-corrected chi connectivity index (χ1v) is 3.32. The van der Waals surface area contributed by atoms with E-state index in [1.807, 2.05) is 6.07 Å². The molecule has 0 saturated heterocycles. The molecule has 0 fully saturated rings. The molecule has 0 radical (unpaired) electrons. The van der Waals surface area contributed by atoms with Crippen molar-refractivity contribution in [3.05, 3.63) is 28.8 Å². The SMILES string of the molecule is Clc1ccc2c(c1)COO2. The lowest BCUT2D eigenvalue weighted by Gasteiger charge is -1.92. The lowest BCUT2D eigenvalue weighted by atomic mass is 10.2. The summed E-state index contributed by atoms with van der Waals surface area (Å²) in [5.41, 5.74) is 1.01. The molecule has 10 heavy (non-hydrogen) atoms. The van der Waals surface area contributed by atoms with Crippen LogP contribution in [0.15, 0.2) is 18.2 Å². The zero-order valence-corrected chi connectivity index (χ0v) is 5.89. The van der Waals surface area contributed by atoms with E-state index in [9.17, 15) is 0 Å². The van der Waals surface area contributed by atoms with Crippen molar-refractivity contribution in [2.75, 3.05) is 0 Å². The van der Waals surface area contributed by atoms with Crippen molar-refractivity contribution in [2.24, 2.45) is 0 Å². The van der Waals surface area contributed by atoms with Crippen LogP contribution in [0.5, 0.6) is 5.75 Å². The Kier molecular flexibility index (Phi) is 1.29. The average molecular weight is 157 g/mol. The zero-order chi connectivity index (χ0) is 6.97. The molecule has 0 atom stereocenters. The van der Waals surface area contributed by atoms with Gasteiger partial charge in [0.05, 0.1) is 0 Å². The molecule has 3 heteroatoms. The lowest BCUT2D eigenvalue weighted by molar-refractivity contribution is -0.194. The Morgan fingerprint density at radius 3 is 3.20 bits per heavy atom. The van der Waals surface area contributed by atoms with Gasteiger partial charge in [-0.25, -0.2) is 0 Å². The minimum atomic E-state index is 0.496. The van der Waals surface area contributed by atoms with Crippen LogP contribution in [-0.2, 0) is 11.5 Å². The summed E-state index contributed by atoms with van der Waals surface area (Å²) in [5, 5.41) is 0.716. The maximum atomic E-state index is 5.71. The number of hydrogen-bond donors (Lipinski definition) is 0. The Balaban J connectivity index is 2.52. The Labute approximate surface area is 63.3 Å². The lowest BCUT2D eigenvalue weighted by Crippen LogP contribution is -1.80. The minimum Gasteiger partial charge on any atom is -0.337 e. The highest BCUT2D eigenvalue weighted by Gasteiger charge is 2.12. The van der Waals surface area contributed by atoms with Gasteiger partial charge in [0, 0.05) is 10.6 Å². The van der Waals surface area contributed by atoms with E-state index in [4.69, 9.17) is 21.4 Å². The third-order valence-corrected chi connectivity index (χ3v) is 1.62. The van der Waals surface area contributed by atoms with Crippen molar-refractivity contribution in [3.63, 3.8) is 0 Å². The summed E-state index contributed by atoms with van der Waals surface area (Å²) in [6, 6.07) is 5.41. The number of benzene rings is 1. The molecule has 0 N–H and O–H groups in total. The van der Waals surface area contributed by atoms with Crippen LogP contribution in [0.2, 0.25) is 5.02 Å². The summed E-state index contributed by atoms with van der Waals surface area (Å²) in [4.78, 5) is 9.51. The van der Waals surface area contributed by atoms with Gasteiger partial charge in [-0.3, -0.25) is 0 Å². The molecule has 1 aromatic rings.